The second-order valence-corrected chi connectivity index (χ2v) is 5.34. The zero-order chi connectivity index (χ0) is 17.1. The molecule has 0 unspecified atom stereocenters. The SMILES string of the molecule is O=C(Oc1cccc([N+](=O)[O-])c1)c1ccc(N2CCCC2=O)cc1. The first-order valence-corrected chi connectivity index (χ1v) is 7.41. The Kier molecular flexibility index (Phi) is 4.24. The van der Waals surface area contributed by atoms with Gasteiger partial charge in [-0.05, 0) is 36.8 Å². The van der Waals surface area contributed by atoms with Gasteiger partial charge < -0.3 is 9.64 Å². The van der Waals surface area contributed by atoms with Crippen molar-refractivity contribution in [1.82, 2.24) is 0 Å². The lowest BCUT2D eigenvalue weighted by atomic mass is 10.2. The predicted octanol–water partition coefficient (Wildman–Crippen LogP) is 2.94. The van der Waals surface area contributed by atoms with Crippen LogP contribution in [0.15, 0.2) is 48.5 Å². The third-order valence-corrected chi connectivity index (χ3v) is 3.73. The summed E-state index contributed by atoms with van der Waals surface area (Å²) in [7, 11) is 0. The van der Waals surface area contributed by atoms with Crippen LogP contribution in [0.2, 0.25) is 0 Å². The maximum Gasteiger partial charge on any atom is 0.343 e. The third kappa shape index (κ3) is 3.24. The van der Waals surface area contributed by atoms with Crippen molar-refractivity contribution in [2.75, 3.05) is 11.4 Å². The molecule has 1 amide bonds. The number of nitrogens with zero attached hydrogens (tertiary/aromatic N) is 2. The Morgan fingerprint density at radius 3 is 2.54 bits per heavy atom. The van der Waals surface area contributed by atoms with Crippen LogP contribution in [0.3, 0.4) is 0 Å². The summed E-state index contributed by atoms with van der Waals surface area (Å²) in [5.74, 6) is -0.440. The number of carbonyl (C=O) groups excluding carboxylic acids is 2. The summed E-state index contributed by atoms with van der Waals surface area (Å²) in [4.78, 5) is 35.7. The second kappa shape index (κ2) is 6.49. The molecule has 2 aromatic carbocycles. The largest absolute Gasteiger partial charge is 0.423 e. The summed E-state index contributed by atoms with van der Waals surface area (Å²) in [5, 5.41) is 10.7. The third-order valence-electron chi connectivity index (χ3n) is 3.73. The Morgan fingerprint density at radius 1 is 1.17 bits per heavy atom. The van der Waals surface area contributed by atoms with Crippen LogP contribution in [0.5, 0.6) is 5.75 Å². The summed E-state index contributed by atoms with van der Waals surface area (Å²) in [6.07, 6.45) is 1.37. The van der Waals surface area contributed by atoms with Crippen molar-refractivity contribution in [2.45, 2.75) is 12.8 Å². The molecule has 0 aromatic heterocycles. The number of non-ortho nitro benzene ring substituents is 1. The minimum Gasteiger partial charge on any atom is -0.423 e. The zero-order valence-electron chi connectivity index (χ0n) is 12.7. The standard InChI is InChI=1S/C17H14N2O5/c20-16-5-2-10-18(16)13-8-6-12(7-9-13)17(21)24-15-4-1-3-14(11-15)19(22)23/h1,3-4,6-9,11H,2,5,10H2. The lowest BCUT2D eigenvalue weighted by Gasteiger charge is -2.15. The van der Waals surface area contributed by atoms with E-state index in [9.17, 15) is 19.7 Å². The van der Waals surface area contributed by atoms with Crippen LogP contribution in [-0.4, -0.2) is 23.3 Å². The van der Waals surface area contributed by atoms with Crippen molar-refractivity contribution in [2.24, 2.45) is 0 Å². The number of nitro benzene ring substituents is 1. The van der Waals surface area contributed by atoms with Crippen LogP contribution in [0, 0.1) is 10.1 Å². The fourth-order valence-electron chi connectivity index (χ4n) is 2.53. The molecular weight excluding hydrogens is 312 g/mol. The second-order valence-electron chi connectivity index (χ2n) is 5.34. The molecular formula is C17H14N2O5. The first-order chi connectivity index (χ1) is 11.5. The Balaban J connectivity index is 1.72. The van der Waals surface area contributed by atoms with Crippen molar-refractivity contribution >= 4 is 23.3 Å². The van der Waals surface area contributed by atoms with Gasteiger partial charge in [0.1, 0.15) is 5.75 Å². The number of amides is 1. The number of anilines is 1. The number of rotatable bonds is 4. The van der Waals surface area contributed by atoms with E-state index in [1.165, 1.54) is 24.3 Å². The fourth-order valence-corrected chi connectivity index (χ4v) is 2.53. The molecule has 3 rings (SSSR count). The van der Waals surface area contributed by atoms with E-state index in [2.05, 4.69) is 0 Å². The number of ether oxygens (including phenoxy) is 1. The van der Waals surface area contributed by atoms with Gasteiger partial charge >= 0.3 is 5.97 Å². The number of hydrogen-bond donors (Lipinski definition) is 0. The monoisotopic (exact) mass is 326 g/mol. The van der Waals surface area contributed by atoms with Gasteiger partial charge in [0.15, 0.2) is 0 Å². The van der Waals surface area contributed by atoms with Gasteiger partial charge in [-0.15, -0.1) is 0 Å². The normalized spacial score (nSPS) is 13.8. The Bertz CT molecular complexity index is 801. The molecule has 0 saturated carbocycles. The molecule has 122 valence electrons. The highest BCUT2D eigenvalue weighted by molar-refractivity contribution is 5.96. The predicted molar refractivity (Wildman–Crippen MR) is 86.1 cm³/mol. The molecule has 0 bridgehead atoms. The molecule has 1 fully saturated rings. The van der Waals surface area contributed by atoms with E-state index in [0.717, 1.165) is 12.1 Å². The molecule has 1 aliphatic rings. The molecule has 1 heterocycles. The van der Waals surface area contributed by atoms with Crippen LogP contribution in [0.4, 0.5) is 11.4 Å². The lowest BCUT2D eigenvalue weighted by Crippen LogP contribution is -2.23. The van der Waals surface area contributed by atoms with E-state index in [-0.39, 0.29) is 17.3 Å². The van der Waals surface area contributed by atoms with Crippen molar-refractivity contribution in [3.8, 4) is 5.75 Å². The smallest absolute Gasteiger partial charge is 0.343 e. The van der Waals surface area contributed by atoms with Crippen molar-refractivity contribution < 1.29 is 19.2 Å². The van der Waals surface area contributed by atoms with Crippen molar-refractivity contribution in [1.29, 1.82) is 0 Å². The topological polar surface area (TPSA) is 89.8 Å². The molecule has 0 radical (unpaired) electrons. The molecule has 0 atom stereocenters. The molecule has 7 heteroatoms. The van der Waals surface area contributed by atoms with Crippen LogP contribution in [0.25, 0.3) is 0 Å². The quantitative estimate of drug-likeness (QED) is 0.373. The summed E-state index contributed by atoms with van der Waals surface area (Å²) in [5.41, 5.74) is 0.893. The van der Waals surface area contributed by atoms with E-state index in [1.807, 2.05) is 0 Å². The maximum atomic E-state index is 12.1. The molecule has 2 aromatic rings. The minimum absolute atomic E-state index is 0.0712. The Labute approximate surface area is 137 Å². The Morgan fingerprint density at radius 2 is 1.92 bits per heavy atom. The van der Waals surface area contributed by atoms with E-state index in [1.54, 1.807) is 29.2 Å². The molecule has 1 saturated heterocycles. The van der Waals surface area contributed by atoms with E-state index < -0.39 is 10.9 Å². The fraction of sp³-hybridized carbons (Fsp3) is 0.176. The van der Waals surface area contributed by atoms with Gasteiger partial charge in [0.05, 0.1) is 16.6 Å². The van der Waals surface area contributed by atoms with E-state index >= 15 is 0 Å². The molecule has 0 N–H and O–H groups in total. The van der Waals surface area contributed by atoms with Crippen LogP contribution >= 0.6 is 0 Å². The number of nitro groups is 1. The van der Waals surface area contributed by atoms with Gasteiger partial charge in [-0.3, -0.25) is 14.9 Å². The first-order valence-electron chi connectivity index (χ1n) is 7.41. The maximum absolute atomic E-state index is 12.1. The van der Waals surface area contributed by atoms with Crippen molar-refractivity contribution in [3.63, 3.8) is 0 Å². The van der Waals surface area contributed by atoms with Crippen LogP contribution in [0.1, 0.15) is 23.2 Å². The molecule has 0 aliphatic carbocycles. The summed E-state index contributed by atoms with van der Waals surface area (Å²) < 4.78 is 5.15. The summed E-state index contributed by atoms with van der Waals surface area (Å²) in [6, 6.07) is 11.9. The van der Waals surface area contributed by atoms with Gasteiger partial charge in [0.2, 0.25) is 5.91 Å². The Hall–Kier alpha value is -3.22. The summed E-state index contributed by atoms with van der Waals surface area (Å²) in [6.45, 7) is 0.677. The van der Waals surface area contributed by atoms with Gasteiger partial charge in [0.25, 0.3) is 5.69 Å². The number of hydrogen-bond acceptors (Lipinski definition) is 5. The average Bonchev–Trinajstić information content (AvgIpc) is 3.01. The highest BCUT2D eigenvalue weighted by Crippen LogP contribution is 2.23. The van der Waals surface area contributed by atoms with Crippen LogP contribution in [-0.2, 0) is 4.79 Å². The van der Waals surface area contributed by atoms with Gasteiger partial charge in [-0.25, -0.2) is 4.79 Å². The highest BCUT2D eigenvalue weighted by atomic mass is 16.6. The molecule has 24 heavy (non-hydrogen) atoms. The number of carbonyl (C=O) groups is 2. The first kappa shape index (κ1) is 15.7. The number of benzene rings is 2. The van der Waals surface area contributed by atoms with Gasteiger partial charge in [-0.1, -0.05) is 6.07 Å². The number of esters is 1. The van der Waals surface area contributed by atoms with Gasteiger partial charge in [-0.2, -0.15) is 0 Å². The molecule has 7 nitrogen and oxygen atoms in total. The average molecular weight is 326 g/mol. The molecule has 0 spiro atoms. The van der Waals surface area contributed by atoms with Crippen molar-refractivity contribution in [3.05, 3.63) is 64.2 Å². The van der Waals surface area contributed by atoms with Crippen LogP contribution < -0.4 is 9.64 Å². The molecule has 1 aliphatic heterocycles. The zero-order valence-corrected chi connectivity index (χ0v) is 12.7. The van der Waals surface area contributed by atoms with Gasteiger partial charge in [0, 0.05) is 24.7 Å². The van der Waals surface area contributed by atoms with E-state index in [0.29, 0.717) is 18.5 Å². The summed E-state index contributed by atoms with van der Waals surface area (Å²) >= 11 is 0. The minimum atomic E-state index is -0.616. The lowest BCUT2D eigenvalue weighted by molar-refractivity contribution is -0.384. The highest BCUT2D eigenvalue weighted by Gasteiger charge is 2.22. The van der Waals surface area contributed by atoms with E-state index in [4.69, 9.17) is 4.74 Å².